The molecule has 3 nitrogen and oxygen atoms in total. The Kier molecular flexibility index (Phi) is 4.22. The Morgan fingerprint density at radius 3 is 2.62 bits per heavy atom. The lowest BCUT2D eigenvalue weighted by molar-refractivity contribution is -0.114. The van der Waals surface area contributed by atoms with Crippen molar-refractivity contribution in [3.05, 3.63) is 41.3 Å². The lowest BCUT2D eigenvalue weighted by Crippen LogP contribution is -2.19. The zero-order valence-electron chi connectivity index (χ0n) is 12.1. The van der Waals surface area contributed by atoms with Gasteiger partial charge in [0.2, 0.25) is 5.91 Å². The Labute approximate surface area is 133 Å². The van der Waals surface area contributed by atoms with E-state index in [4.69, 9.17) is 0 Å². The highest BCUT2D eigenvalue weighted by molar-refractivity contribution is 8.01. The number of fused-ring (bicyclic) bond motifs is 1. The molecule has 110 valence electrons. The van der Waals surface area contributed by atoms with Crippen LogP contribution >= 0.6 is 23.1 Å². The van der Waals surface area contributed by atoms with Crippen LogP contribution in [-0.2, 0) is 4.79 Å². The van der Waals surface area contributed by atoms with E-state index in [1.165, 1.54) is 16.7 Å². The largest absolute Gasteiger partial charge is 0.378 e. The normalized spacial score (nSPS) is 20.7. The second-order valence-electron chi connectivity index (χ2n) is 5.28. The maximum atomic E-state index is 11.0. The molecular weight excluding hydrogens is 300 g/mol. The number of thiophene rings is 1. The molecule has 1 amide bonds. The molecule has 0 fully saturated rings. The molecule has 1 aliphatic heterocycles. The molecule has 2 atom stereocenters. The number of hydrogen-bond acceptors (Lipinski definition) is 4. The summed E-state index contributed by atoms with van der Waals surface area (Å²) in [5.74, 6) is -0.0447. The third-order valence-electron chi connectivity index (χ3n) is 3.46. The highest BCUT2D eigenvalue weighted by atomic mass is 32.2. The summed E-state index contributed by atoms with van der Waals surface area (Å²) in [6, 6.07) is 10.5. The van der Waals surface area contributed by atoms with Crippen molar-refractivity contribution in [3.63, 3.8) is 0 Å². The van der Waals surface area contributed by atoms with Gasteiger partial charge in [0.1, 0.15) is 0 Å². The summed E-state index contributed by atoms with van der Waals surface area (Å²) in [5.41, 5.74) is 3.33. The van der Waals surface area contributed by atoms with Crippen LogP contribution < -0.4 is 10.6 Å². The van der Waals surface area contributed by atoms with Gasteiger partial charge in [-0.1, -0.05) is 6.92 Å². The highest BCUT2D eigenvalue weighted by Gasteiger charge is 2.26. The summed E-state index contributed by atoms with van der Waals surface area (Å²) < 4.78 is 1.43. The lowest BCUT2D eigenvalue weighted by Gasteiger charge is -2.28. The molecule has 1 aromatic heterocycles. The van der Waals surface area contributed by atoms with Crippen molar-refractivity contribution in [3.8, 4) is 0 Å². The van der Waals surface area contributed by atoms with Crippen molar-refractivity contribution in [1.82, 2.24) is 0 Å². The van der Waals surface area contributed by atoms with Crippen LogP contribution in [0.3, 0.4) is 0 Å². The van der Waals surface area contributed by atoms with Gasteiger partial charge in [-0.2, -0.15) is 0 Å². The summed E-state index contributed by atoms with van der Waals surface area (Å²) >= 11 is 3.80. The van der Waals surface area contributed by atoms with Crippen LogP contribution in [0.25, 0.3) is 0 Å². The first-order chi connectivity index (χ1) is 10.1. The van der Waals surface area contributed by atoms with E-state index in [1.807, 2.05) is 47.4 Å². The number of carbonyl (C=O) groups excluding carboxylic acids is 1. The topological polar surface area (TPSA) is 41.1 Å². The van der Waals surface area contributed by atoms with E-state index < -0.39 is 0 Å². The van der Waals surface area contributed by atoms with Crippen molar-refractivity contribution < 1.29 is 4.79 Å². The van der Waals surface area contributed by atoms with Gasteiger partial charge in [-0.15, -0.1) is 23.1 Å². The Hall–Kier alpha value is -1.46. The number of carbonyl (C=O) groups is 1. The van der Waals surface area contributed by atoms with Crippen LogP contribution in [-0.4, -0.2) is 11.2 Å². The van der Waals surface area contributed by atoms with E-state index in [9.17, 15) is 4.79 Å². The average molecular weight is 318 g/mol. The first-order valence-electron chi connectivity index (χ1n) is 7.00. The minimum atomic E-state index is -0.0447. The minimum Gasteiger partial charge on any atom is -0.378 e. The fourth-order valence-electron chi connectivity index (χ4n) is 2.54. The van der Waals surface area contributed by atoms with E-state index in [2.05, 4.69) is 29.0 Å². The number of rotatable bonds is 3. The van der Waals surface area contributed by atoms with E-state index in [1.54, 1.807) is 0 Å². The molecule has 21 heavy (non-hydrogen) atoms. The van der Waals surface area contributed by atoms with Crippen LogP contribution in [0.15, 0.2) is 39.9 Å². The second kappa shape index (κ2) is 6.12. The molecule has 0 spiro atoms. The van der Waals surface area contributed by atoms with Gasteiger partial charge in [-0.05, 0) is 47.7 Å². The molecule has 2 aromatic rings. The predicted octanol–water partition coefficient (Wildman–Crippen LogP) is 4.74. The van der Waals surface area contributed by atoms with Crippen molar-refractivity contribution >= 4 is 40.4 Å². The quantitative estimate of drug-likeness (QED) is 0.858. The van der Waals surface area contributed by atoms with Crippen LogP contribution in [0.5, 0.6) is 0 Å². The SMILES string of the molecule is CC(=O)Nc1ccc(NC2C[C@H](C)Sc3sccc32)cc1. The van der Waals surface area contributed by atoms with E-state index in [-0.39, 0.29) is 5.91 Å². The molecule has 2 heterocycles. The van der Waals surface area contributed by atoms with Gasteiger partial charge < -0.3 is 10.6 Å². The molecule has 2 N–H and O–H groups in total. The number of benzene rings is 1. The van der Waals surface area contributed by atoms with Crippen LogP contribution in [0.1, 0.15) is 31.9 Å². The number of hydrogen-bond donors (Lipinski definition) is 2. The Bertz CT molecular complexity index is 636. The zero-order valence-corrected chi connectivity index (χ0v) is 13.7. The van der Waals surface area contributed by atoms with Gasteiger partial charge in [-0.3, -0.25) is 4.79 Å². The first kappa shape index (κ1) is 14.5. The van der Waals surface area contributed by atoms with E-state index in [0.29, 0.717) is 11.3 Å². The van der Waals surface area contributed by atoms with Crippen LogP contribution in [0.2, 0.25) is 0 Å². The molecule has 1 aromatic carbocycles. The third-order valence-corrected chi connectivity index (χ3v) is 5.80. The summed E-state index contributed by atoms with van der Waals surface area (Å²) in [7, 11) is 0. The van der Waals surface area contributed by atoms with Crippen molar-refractivity contribution in [1.29, 1.82) is 0 Å². The zero-order chi connectivity index (χ0) is 14.8. The third kappa shape index (κ3) is 3.41. The Morgan fingerprint density at radius 2 is 1.90 bits per heavy atom. The second-order valence-corrected chi connectivity index (χ2v) is 7.91. The summed E-state index contributed by atoms with van der Waals surface area (Å²) in [6.45, 7) is 3.80. The van der Waals surface area contributed by atoms with Gasteiger partial charge in [0.05, 0.1) is 10.3 Å². The molecule has 3 rings (SSSR count). The highest BCUT2D eigenvalue weighted by Crippen LogP contribution is 2.44. The number of nitrogens with one attached hydrogen (secondary N) is 2. The molecule has 1 aliphatic rings. The van der Waals surface area contributed by atoms with E-state index >= 15 is 0 Å². The molecule has 0 aliphatic carbocycles. The minimum absolute atomic E-state index is 0.0447. The Balaban J connectivity index is 1.74. The molecule has 0 saturated carbocycles. The average Bonchev–Trinajstić information content (AvgIpc) is 2.88. The fourth-order valence-corrected chi connectivity index (χ4v) is 5.11. The van der Waals surface area contributed by atoms with Gasteiger partial charge in [0.25, 0.3) is 0 Å². The van der Waals surface area contributed by atoms with E-state index in [0.717, 1.165) is 17.8 Å². The maximum Gasteiger partial charge on any atom is 0.221 e. The summed E-state index contributed by atoms with van der Waals surface area (Å²) in [5, 5.41) is 9.20. The smallest absolute Gasteiger partial charge is 0.221 e. The number of thioether (sulfide) groups is 1. The molecule has 0 saturated heterocycles. The van der Waals surface area contributed by atoms with Gasteiger partial charge in [0, 0.05) is 23.5 Å². The van der Waals surface area contributed by atoms with Crippen molar-refractivity contribution in [2.24, 2.45) is 0 Å². The van der Waals surface area contributed by atoms with Crippen molar-refractivity contribution in [2.45, 2.75) is 35.8 Å². The fraction of sp³-hybridized carbons (Fsp3) is 0.312. The number of anilines is 2. The van der Waals surface area contributed by atoms with Gasteiger partial charge in [-0.25, -0.2) is 0 Å². The summed E-state index contributed by atoms with van der Waals surface area (Å²) in [4.78, 5) is 11.0. The molecule has 1 unspecified atom stereocenters. The molecule has 0 bridgehead atoms. The van der Waals surface area contributed by atoms with Gasteiger partial charge >= 0.3 is 0 Å². The van der Waals surface area contributed by atoms with Crippen LogP contribution in [0.4, 0.5) is 11.4 Å². The number of amides is 1. The Morgan fingerprint density at radius 1 is 1.19 bits per heavy atom. The standard InChI is InChI=1S/C16H18N2OS2/c1-10-9-15(14-7-8-20-16(14)21-10)18-13-5-3-12(4-6-13)17-11(2)19/h3-8,10,15,18H,9H2,1-2H3,(H,17,19)/t10-,15?/m0/s1. The monoisotopic (exact) mass is 318 g/mol. The van der Waals surface area contributed by atoms with Crippen molar-refractivity contribution in [2.75, 3.05) is 10.6 Å². The molecular formula is C16H18N2OS2. The maximum absolute atomic E-state index is 11.0. The predicted molar refractivity (Wildman–Crippen MR) is 91.4 cm³/mol. The van der Waals surface area contributed by atoms with Crippen LogP contribution in [0, 0.1) is 0 Å². The molecule has 0 radical (unpaired) electrons. The summed E-state index contributed by atoms with van der Waals surface area (Å²) in [6.07, 6.45) is 1.13. The first-order valence-corrected chi connectivity index (χ1v) is 8.76. The molecule has 5 heteroatoms. The van der Waals surface area contributed by atoms with Gasteiger partial charge in [0.15, 0.2) is 0 Å². The lowest BCUT2D eigenvalue weighted by atomic mass is 10.0.